The Kier molecular flexibility index (Phi) is 4.85. The summed E-state index contributed by atoms with van der Waals surface area (Å²) in [5.74, 6) is 0.127. The number of rotatable bonds is 5. The highest BCUT2D eigenvalue weighted by Crippen LogP contribution is 2.15. The topological polar surface area (TPSA) is 90.0 Å². The predicted molar refractivity (Wildman–Crippen MR) is 93.7 cm³/mol. The van der Waals surface area contributed by atoms with E-state index in [0.717, 1.165) is 5.56 Å². The van der Waals surface area contributed by atoms with Crippen LogP contribution in [-0.2, 0) is 17.8 Å². The van der Waals surface area contributed by atoms with Gasteiger partial charge in [0, 0.05) is 11.6 Å². The third kappa shape index (κ3) is 3.56. The average molecular weight is 361 g/mol. The first-order chi connectivity index (χ1) is 12.0. The van der Waals surface area contributed by atoms with Crippen molar-refractivity contribution in [3.63, 3.8) is 0 Å². The smallest absolute Gasteiger partial charge is 0.267 e. The molecule has 0 bridgehead atoms. The summed E-state index contributed by atoms with van der Waals surface area (Å²) in [7, 11) is 0. The molecule has 0 saturated heterocycles. The molecular formula is C17H17ClN4O3. The molecule has 0 aliphatic carbocycles. The molecule has 0 radical (unpaired) electrons. The molecule has 7 nitrogen and oxygen atoms in total. The number of nitrogens with one attached hydrogen (secondary N) is 1. The summed E-state index contributed by atoms with van der Waals surface area (Å²) < 4.78 is 6.32. The lowest BCUT2D eigenvalue weighted by Crippen LogP contribution is -2.34. The minimum atomic E-state index is -0.331. The maximum absolute atomic E-state index is 12.5. The molecule has 1 amide bonds. The number of carbonyl (C=O) groups excluding carboxylic acids is 1. The summed E-state index contributed by atoms with van der Waals surface area (Å²) in [5.41, 5.74) is 1.28. The van der Waals surface area contributed by atoms with Gasteiger partial charge in [0.15, 0.2) is 0 Å². The van der Waals surface area contributed by atoms with E-state index in [1.54, 1.807) is 13.8 Å². The normalized spacial score (nSPS) is 11.0. The molecule has 8 heteroatoms. The van der Waals surface area contributed by atoms with E-state index in [0.29, 0.717) is 34.9 Å². The number of nitrogens with zero attached hydrogens (tertiary/aromatic N) is 3. The lowest BCUT2D eigenvalue weighted by Gasteiger charge is -2.10. The second kappa shape index (κ2) is 7.06. The maximum Gasteiger partial charge on any atom is 0.267 e. The van der Waals surface area contributed by atoms with E-state index >= 15 is 0 Å². The first kappa shape index (κ1) is 17.2. The second-order valence-corrected chi connectivity index (χ2v) is 6.10. The zero-order valence-electron chi connectivity index (χ0n) is 13.9. The van der Waals surface area contributed by atoms with Crippen LogP contribution in [0.15, 0.2) is 33.6 Å². The molecule has 3 aromatic rings. The zero-order valence-corrected chi connectivity index (χ0v) is 14.6. The highest BCUT2D eigenvalue weighted by atomic mass is 35.5. The van der Waals surface area contributed by atoms with Crippen LogP contribution in [0.5, 0.6) is 0 Å². The summed E-state index contributed by atoms with van der Waals surface area (Å²) in [6.07, 6.45) is 0.612. The molecule has 1 aromatic carbocycles. The van der Waals surface area contributed by atoms with Crippen LogP contribution < -0.4 is 10.9 Å². The number of hydrogen-bond acceptors (Lipinski definition) is 5. The Morgan fingerprint density at radius 1 is 1.32 bits per heavy atom. The molecule has 0 spiro atoms. The van der Waals surface area contributed by atoms with E-state index in [9.17, 15) is 9.59 Å². The number of aryl methyl sites for hydroxylation is 2. The molecule has 0 atom stereocenters. The zero-order chi connectivity index (χ0) is 18.0. The van der Waals surface area contributed by atoms with Crippen LogP contribution in [0.4, 0.5) is 0 Å². The van der Waals surface area contributed by atoms with Crippen molar-refractivity contribution in [2.45, 2.75) is 26.8 Å². The van der Waals surface area contributed by atoms with E-state index in [2.05, 4.69) is 15.5 Å². The first-order valence-corrected chi connectivity index (χ1v) is 8.18. The third-order valence-corrected chi connectivity index (χ3v) is 4.30. The van der Waals surface area contributed by atoms with Crippen molar-refractivity contribution < 1.29 is 9.32 Å². The molecule has 3 rings (SSSR count). The summed E-state index contributed by atoms with van der Waals surface area (Å²) in [6.45, 7) is 3.63. The van der Waals surface area contributed by atoms with E-state index < -0.39 is 0 Å². The predicted octanol–water partition coefficient (Wildman–Crippen LogP) is 2.01. The summed E-state index contributed by atoms with van der Waals surface area (Å²) in [6, 6.07) is 7.48. The number of amides is 1. The summed E-state index contributed by atoms with van der Waals surface area (Å²) in [5, 5.41) is 7.51. The number of halogens is 1. The van der Waals surface area contributed by atoms with Gasteiger partial charge in [-0.2, -0.15) is 4.98 Å². The molecular weight excluding hydrogens is 344 g/mol. The van der Waals surface area contributed by atoms with E-state index in [4.69, 9.17) is 16.1 Å². The van der Waals surface area contributed by atoms with Gasteiger partial charge in [-0.05, 0) is 31.9 Å². The van der Waals surface area contributed by atoms with Crippen LogP contribution in [-0.4, -0.2) is 27.2 Å². The lowest BCUT2D eigenvalue weighted by atomic mass is 10.1. The molecule has 1 N–H and O–H groups in total. The SMILES string of the molecule is Cc1noc2nc(C)n(CC(=O)NCCc3ccccc3Cl)c(=O)c12. The molecule has 0 fully saturated rings. The van der Waals surface area contributed by atoms with Crippen LogP contribution in [0.25, 0.3) is 11.1 Å². The molecule has 130 valence electrons. The van der Waals surface area contributed by atoms with Crippen LogP contribution in [0.2, 0.25) is 5.02 Å². The minimum absolute atomic E-state index is 0.110. The van der Waals surface area contributed by atoms with Gasteiger partial charge in [0.1, 0.15) is 17.8 Å². The first-order valence-electron chi connectivity index (χ1n) is 7.81. The lowest BCUT2D eigenvalue weighted by molar-refractivity contribution is -0.121. The van der Waals surface area contributed by atoms with Crippen molar-refractivity contribution in [1.82, 2.24) is 20.0 Å². The van der Waals surface area contributed by atoms with E-state index in [-0.39, 0.29) is 23.7 Å². The molecule has 25 heavy (non-hydrogen) atoms. The average Bonchev–Trinajstić information content (AvgIpc) is 2.94. The van der Waals surface area contributed by atoms with Crippen molar-refractivity contribution in [2.75, 3.05) is 6.54 Å². The molecule has 0 aliphatic heterocycles. The molecule has 0 unspecified atom stereocenters. The van der Waals surface area contributed by atoms with Crippen LogP contribution in [0.1, 0.15) is 17.1 Å². The van der Waals surface area contributed by atoms with Gasteiger partial charge in [0.05, 0.1) is 5.69 Å². The van der Waals surface area contributed by atoms with Crippen molar-refractivity contribution in [2.24, 2.45) is 0 Å². The van der Waals surface area contributed by atoms with Crippen LogP contribution in [0.3, 0.4) is 0 Å². The Bertz CT molecular complexity index is 993. The van der Waals surface area contributed by atoms with Crippen LogP contribution in [0, 0.1) is 13.8 Å². The monoisotopic (exact) mass is 360 g/mol. The third-order valence-electron chi connectivity index (χ3n) is 3.93. The van der Waals surface area contributed by atoms with Gasteiger partial charge in [-0.25, -0.2) is 0 Å². The second-order valence-electron chi connectivity index (χ2n) is 5.69. The number of benzene rings is 1. The number of carbonyl (C=O) groups is 1. The molecule has 2 aromatic heterocycles. The fourth-order valence-electron chi connectivity index (χ4n) is 2.59. The van der Waals surface area contributed by atoms with E-state index in [1.165, 1.54) is 4.57 Å². The van der Waals surface area contributed by atoms with Gasteiger partial charge in [-0.1, -0.05) is 35.0 Å². The van der Waals surface area contributed by atoms with E-state index in [1.807, 2.05) is 24.3 Å². The summed E-state index contributed by atoms with van der Waals surface area (Å²) in [4.78, 5) is 28.9. The number of hydrogen-bond donors (Lipinski definition) is 1. The maximum atomic E-state index is 12.5. The highest BCUT2D eigenvalue weighted by Gasteiger charge is 2.16. The quantitative estimate of drug-likeness (QED) is 0.751. The van der Waals surface area contributed by atoms with Gasteiger partial charge >= 0.3 is 0 Å². The Labute approximate surface area is 148 Å². The minimum Gasteiger partial charge on any atom is -0.354 e. The van der Waals surface area contributed by atoms with Gasteiger partial charge in [0.25, 0.3) is 11.3 Å². The standard InChI is InChI=1S/C17H17ClN4O3/c1-10-15-16(25-21-10)20-11(2)22(17(15)24)9-14(23)19-8-7-12-5-3-4-6-13(12)18/h3-6H,7-9H2,1-2H3,(H,19,23). The van der Waals surface area contributed by atoms with Crippen molar-refractivity contribution in [3.8, 4) is 0 Å². The van der Waals surface area contributed by atoms with Gasteiger partial charge < -0.3 is 9.84 Å². The largest absolute Gasteiger partial charge is 0.354 e. The Morgan fingerprint density at radius 2 is 2.08 bits per heavy atom. The fraction of sp³-hybridized carbons (Fsp3) is 0.294. The van der Waals surface area contributed by atoms with Crippen molar-refractivity contribution in [1.29, 1.82) is 0 Å². The Morgan fingerprint density at radius 3 is 2.84 bits per heavy atom. The van der Waals surface area contributed by atoms with Gasteiger partial charge in [0.2, 0.25) is 5.91 Å². The number of fused-ring (bicyclic) bond motifs is 1. The fourth-order valence-corrected chi connectivity index (χ4v) is 2.82. The summed E-state index contributed by atoms with van der Waals surface area (Å²) >= 11 is 6.09. The number of aromatic nitrogens is 3. The van der Waals surface area contributed by atoms with Gasteiger partial charge in [-0.15, -0.1) is 0 Å². The van der Waals surface area contributed by atoms with Crippen molar-refractivity contribution in [3.05, 3.63) is 56.7 Å². The molecule has 0 aliphatic rings. The molecule has 2 heterocycles. The van der Waals surface area contributed by atoms with Gasteiger partial charge in [-0.3, -0.25) is 14.2 Å². The van der Waals surface area contributed by atoms with Crippen molar-refractivity contribution >= 4 is 28.6 Å². The highest BCUT2D eigenvalue weighted by molar-refractivity contribution is 6.31. The Hall–Kier alpha value is -2.67. The Balaban J connectivity index is 1.69. The van der Waals surface area contributed by atoms with Crippen LogP contribution >= 0.6 is 11.6 Å². The molecule has 0 saturated carbocycles.